The quantitative estimate of drug-likeness (QED) is 0.634. The van der Waals surface area contributed by atoms with Gasteiger partial charge in [-0.1, -0.05) is 6.20 Å². The van der Waals surface area contributed by atoms with Crippen molar-refractivity contribution in [1.29, 1.82) is 0 Å². The number of nitrogens with one attached hydrogen (secondary N) is 1. The number of rotatable bonds is 0. The minimum Gasteiger partial charge on any atom is -0.473 e. The molecule has 1 aromatic rings. The monoisotopic (exact) mass is 202 g/mol. The summed E-state index contributed by atoms with van der Waals surface area (Å²) in [7, 11) is 0. The Morgan fingerprint density at radius 2 is 2.38 bits per heavy atom. The zero-order chi connectivity index (χ0) is 5.28. The number of thiazole rings is 1. The summed E-state index contributed by atoms with van der Waals surface area (Å²) in [4.78, 5) is 4.80. The minimum atomic E-state index is 0. The molecule has 1 heterocycles. The first kappa shape index (κ1) is 8.53. The van der Waals surface area contributed by atoms with E-state index in [1.54, 1.807) is 6.20 Å². The van der Waals surface area contributed by atoms with Crippen molar-refractivity contribution in [3.63, 3.8) is 0 Å². The van der Waals surface area contributed by atoms with Gasteiger partial charge in [0, 0.05) is 32.7 Å². The molecule has 2 nitrogen and oxygen atoms in total. The van der Waals surface area contributed by atoms with Gasteiger partial charge in [-0.2, -0.15) is 11.3 Å². The standard InChI is InChI=1S/C4H5N2S.Y/c1-3-2-6-4(5)7-3;/h2H,1H3,(H-,5,6);/q-1;. The van der Waals surface area contributed by atoms with Crippen LogP contribution in [-0.4, -0.2) is 4.98 Å². The summed E-state index contributed by atoms with van der Waals surface area (Å²) in [6, 6.07) is 0. The number of nitrogens with zero attached hydrogens (tertiary/aromatic N) is 1. The zero-order valence-electron chi connectivity index (χ0n) is 4.51. The van der Waals surface area contributed by atoms with Gasteiger partial charge in [-0.25, -0.2) is 0 Å². The van der Waals surface area contributed by atoms with Crippen molar-refractivity contribution in [3.05, 3.63) is 16.8 Å². The van der Waals surface area contributed by atoms with E-state index in [0.717, 1.165) is 4.88 Å². The van der Waals surface area contributed by atoms with Crippen LogP contribution in [0, 0.1) is 6.92 Å². The Morgan fingerprint density at radius 3 is 2.50 bits per heavy atom. The summed E-state index contributed by atoms with van der Waals surface area (Å²) in [5, 5.41) is 0.400. The summed E-state index contributed by atoms with van der Waals surface area (Å²) >= 11 is 1.40. The van der Waals surface area contributed by atoms with E-state index in [1.165, 1.54) is 11.3 Å². The van der Waals surface area contributed by atoms with Crippen LogP contribution >= 0.6 is 11.3 Å². The van der Waals surface area contributed by atoms with Crippen LogP contribution in [0.5, 0.6) is 0 Å². The van der Waals surface area contributed by atoms with Gasteiger partial charge >= 0.3 is 0 Å². The van der Waals surface area contributed by atoms with E-state index < -0.39 is 0 Å². The number of hydrogen-bond acceptors (Lipinski definition) is 2. The first-order chi connectivity index (χ1) is 3.29. The van der Waals surface area contributed by atoms with E-state index >= 15 is 0 Å². The second-order valence-electron chi connectivity index (χ2n) is 1.28. The average molecular weight is 202 g/mol. The molecule has 8 heavy (non-hydrogen) atoms. The van der Waals surface area contributed by atoms with Gasteiger partial charge in [0.05, 0.1) is 0 Å². The van der Waals surface area contributed by atoms with Crippen molar-refractivity contribution >= 4 is 16.5 Å². The van der Waals surface area contributed by atoms with E-state index in [9.17, 15) is 0 Å². The second-order valence-corrected chi connectivity index (χ2v) is 2.51. The van der Waals surface area contributed by atoms with Crippen LogP contribution in [0.25, 0.3) is 5.73 Å². The number of aromatic nitrogens is 1. The number of aryl methyl sites for hydroxylation is 1. The van der Waals surface area contributed by atoms with Gasteiger partial charge in [0.25, 0.3) is 0 Å². The summed E-state index contributed by atoms with van der Waals surface area (Å²) in [5.74, 6) is 0. The van der Waals surface area contributed by atoms with Gasteiger partial charge in [0.15, 0.2) is 0 Å². The molecule has 41 valence electrons. The minimum absolute atomic E-state index is 0. The van der Waals surface area contributed by atoms with E-state index in [-0.39, 0.29) is 32.7 Å². The van der Waals surface area contributed by atoms with Crippen molar-refractivity contribution in [1.82, 2.24) is 4.98 Å². The van der Waals surface area contributed by atoms with E-state index in [4.69, 9.17) is 5.73 Å². The first-order valence-electron chi connectivity index (χ1n) is 1.93. The Labute approximate surface area is 77.4 Å². The van der Waals surface area contributed by atoms with Crippen molar-refractivity contribution < 1.29 is 32.7 Å². The Bertz CT molecular complexity index is 146. The normalized spacial score (nSPS) is 8.12. The third-order valence-electron chi connectivity index (χ3n) is 0.621. The molecule has 0 aliphatic heterocycles. The average Bonchev–Trinajstić information content (AvgIpc) is 1.87. The Morgan fingerprint density at radius 1 is 1.75 bits per heavy atom. The van der Waals surface area contributed by atoms with E-state index in [1.807, 2.05) is 6.92 Å². The molecule has 1 N–H and O–H groups in total. The molecule has 0 aromatic carbocycles. The van der Waals surface area contributed by atoms with E-state index in [2.05, 4.69) is 4.98 Å². The van der Waals surface area contributed by atoms with Crippen LogP contribution in [0.4, 0.5) is 5.13 Å². The SMILES string of the molecule is Cc1cnc([NH-])s1.[Y]. The van der Waals surface area contributed by atoms with Gasteiger partial charge < -0.3 is 10.7 Å². The maximum atomic E-state index is 6.92. The van der Waals surface area contributed by atoms with Crippen LogP contribution in [0.3, 0.4) is 0 Å². The molecule has 0 amide bonds. The molecular formula is C4H5N2SY-. The number of hydrogen-bond donors (Lipinski definition) is 0. The van der Waals surface area contributed by atoms with Gasteiger partial charge in [-0.15, -0.1) is 0 Å². The summed E-state index contributed by atoms with van der Waals surface area (Å²) < 4.78 is 0. The van der Waals surface area contributed by atoms with Gasteiger partial charge in [-0.3, -0.25) is 0 Å². The second kappa shape index (κ2) is 3.54. The smallest absolute Gasteiger partial charge is 0 e. The molecule has 4 heteroatoms. The molecule has 0 aliphatic carbocycles. The molecule has 0 atom stereocenters. The van der Waals surface area contributed by atoms with Gasteiger partial charge in [0.2, 0.25) is 0 Å². The molecule has 1 rings (SSSR count). The maximum absolute atomic E-state index is 6.92. The first-order valence-corrected chi connectivity index (χ1v) is 2.75. The predicted molar refractivity (Wildman–Crippen MR) is 30.8 cm³/mol. The molecule has 0 saturated carbocycles. The van der Waals surface area contributed by atoms with Crippen molar-refractivity contribution in [2.75, 3.05) is 0 Å². The summed E-state index contributed by atoms with van der Waals surface area (Å²) in [6.07, 6.45) is 1.70. The third-order valence-corrected chi connectivity index (χ3v) is 1.35. The molecule has 0 aliphatic rings. The molecule has 0 bridgehead atoms. The van der Waals surface area contributed by atoms with Crippen LogP contribution in [0.2, 0.25) is 0 Å². The van der Waals surface area contributed by atoms with Crippen molar-refractivity contribution in [2.24, 2.45) is 0 Å². The predicted octanol–water partition coefficient (Wildman–Crippen LogP) is 2.13. The molecular weight excluding hydrogens is 197 g/mol. The van der Waals surface area contributed by atoms with Crippen LogP contribution < -0.4 is 0 Å². The van der Waals surface area contributed by atoms with Crippen LogP contribution in [0.15, 0.2) is 6.20 Å². The molecule has 0 fully saturated rings. The third kappa shape index (κ3) is 2.20. The molecule has 0 unspecified atom stereocenters. The van der Waals surface area contributed by atoms with Gasteiger partial charge in [0.1, 0.15) is 0 Å². The Balaban J connectivity index is 0.000000490. The van der Waals surface area contributed by atoms with Crippen LogP contribution in [-0.2, 0) is 32.7 Å². The van der Waals surface area contributed by atoms with Crippen LogP contribution in [0.1, 0.15) is 4.88 Å². The van der Waals surface area contributed by atoms with Crippen molar-refractivity contribution in [3.8, 4) is 0 Å². The fourth-order valence-electron chi connectivity index (χ4n) is 0.355. The molecule has 1 radical (unpaired) electrons. The maximum Gasteiger partial charge on any atom is 0 e. The zero-order valence-corrected chi connectivity index (χ0v) is 8.16. The largest absolute Gasteiger partial charge is 0.473 e. The molecule has 0 spiro atoms. The van der Waals surface area contributed by atoms with Crippen molar-refractivity contribution in [2.45, 2.75) is 6.92 Å². The van der Waals surface area contributed by atoms with E-state index in [0.29, 0.717) is 5.13 Å². The van der Waals surface area contributed by atoms with Gasteiger partial charge in [-0.05, 0) is 16.9 Å². The fraction of sp³-hybridized carbons (Fsp3) is 0.250. The Kier molecular flexibility index (Phi) is 3.77. The summed E-state index contributed by atoms with van der Waals surface area (Å²) in [5.41, 5.74) is 6.92. The molecule has 0 saturated heterocycles. The summed E-state index contributed by atoms with van der Waals surface area (Å²) in [6.45, 7) is 1.94. The fourth-order valence-corrected chi connectivity index (χ4v) is 0.871. The topological polar surface area (TPSA) is 36.7 Å². The molecule has 1 aromatic heterocycles. The Hall–Kier alpha value is 0.534.